The molecule has 9 heteroatoms. The van der Waals surface area contributed by atoms with Crippen LogP contribution in [0.25, 0.3) is 10.9 Å². The van der Waals surface area contributed by atoms with Crippen LogP contribution >= 0.6 is 0 Å². The third kappa shape index (κ3) is 2.45. The third-order valence-electron chi connectivity index (χ3n) is 2.66. The standard InChI is InChI=1S/C10H10N4O4.Tl/c1-13(18-2)10(15)9-7-5-6(14(16)17)3-4-8(7)11-12-9;/h3-5H,1-2H3,(H,11,12,15);/q;+1/p-1. The van der Waals surface area contributed by atoms with Crippen LogP contribution in [0, 0.1) is 10.1 Å². The quantitative estimate of drug-likeness (QED) is 0.384. The molecule has 0 aliphatic carbocycles. The first-order valence-electron chi connectivity index (χ1n) is 5.20. The Labute approximate surface area is 124 Å². The Morgan fingerprint density at radius 2 is 2.26 bits per heavy atom. The van der Waals surface area contributed by atoms with Crippen LogP contribution in [0.4, 0.5) is 5.69 Å². The number of rotatable bonds is 3. The molecule has 1 aromatic heterocycles. The van der Waals surface area contributed by atoms with E-state index >= 15 is 0 Å². The number of amides is 1. The maximum atomic E-state index is 12.1. The van der Waals surface area contributed by atoms with E-state index in [9.17, 15) is 14.9 Å². The van der Waals surface area contributed by atoms with Crippen LogP contribution in [0.1, 0.15) is 10.5 Å². The third-order valence-corrected chi connectivity index (χ3v) is 4.19. The van der Waals surface area contributed by atoms with Gasteiger partial charge in [0, 0.05) is 0 Å². The molecule has 1 heterocycles. The Balaban J connectivity index is 2.64. The zero-order chi connectivity index (χ0) is 14.2. The van der Waals surface area contributed by atoms with Gasteiger partial charge in [0.25, 0.3) is 0 Å². The summed E-state index contributed by atoms with van der Waals surface area (Å²) in [6.07, 6.45) is 0. The van der Waals surface area contributed by atoms with Crippen molar-refractivity contribution in [3.63, 3.8) is 0 Å². The van der Waals surface area contributed by atoms with Crippen molar-refractivity contribution in [2.24, 2.45) is 0 Å². The van der Waals surface area contributed by atoms with Crippen LogP contribution in [0.3, 0.4) is 0 Å². The van der Waals surface area contributed by atoms with Crippen LogP contribution in [-0.4, -0.2) is 63.7 Å². The molecule has 1 amide bonds. The first-order chi connectivity index (χ1) is 8.95. The van der Waals surface area contributed by atoms with Gasteiger partial charge in [-0.25, -0.2) is 0 Å². The first kappa shape index (κ1) is 13.9. The summed E-state index contributed by atoms with van der Waals surface area (Å²) in [5.41, 5.74) is 0.800. The molecule has 2 aromatic rings. The van der Waals surface area contributed by atoms with Crippen LogP contribution in [0.2, 0.25) is 0 Å². The van der Waals surface area contributed by atoms with Crippen molar-refractivity contribution < 1.29 is 14.6 Å². The zero-order valence-electron chi connectivity index (χ0n) is 10.2. The van der Waals surface area contributed by atoms with Gasteiger partial charge in [-0.15, -0.1) is 0 Å². The molecule has 0 saturated heterocycles. The van der Waals surface area contributed by atoms with Crippen molar-refractivity contribution >= 4 is 48.6 Å². The molecule has 0 aliphatic heterocycles. The van der Waals surface area contributed by atoms with Gasteiger partial charge < -0.3 is 0 Å². The summed E-state index contributed by atoms with van der Waals surface area (Å²) in [4.78, 5) is 27.2. The minimum absolute atomic E-state index is 0.0698. The Morgan fingerprint density at radius 1 is 1.58 bits per heavy atom. The predicted molar refractivity (Wildman–Crippen MR) is 66.6 cm³/mol. The van der Waals surface area contributed by atoms with E-state index < -0.39 is 10.8 Å². The molecule has 96 valence electrons. The fourth-order valence-corrected chi connectivity index (χ4v) is 2.96. The molecule has 0 saturated carbocycles. The second-order valence-corrected chi connectivity index (χ2v) is 5.64. The number of fused-ring (bicyclic) bond motifs is 1. The van der Waals surface area contributed by atoms with Crippen LogP contribution < -0.4 is 0 Å². The Hall–Kier alpha value is -1.56. The topological polar surface area (TPSA) is 90.5 Å². The number of nitrogens with zero attached hydrogens (tertiary/aromatic N) is 4. The van der Waals surface area contributed by atoms with E-state index in [2.05, 4.69) is 5.10 Å². The summed E-state index contributed by atoms with van der Waals surface area (Å²) in [5.74, 6) is -0.438. The van der Waals surface area contributed by atoms with Crippen LogP contribution in [-0.2, 0) is 4.84 Å². The molecule has 2 rings (SSSR count). The van der Waals surface area contributed by atoms with Crippen molar-refractivity contribution in [1.82, 2.24) is 12.7 Å². The summed E-state index contributed by atoms with van der Waals surface area (Å²) in [6.45, 7) is 0. The van der Waals surface area contributed by atoms with E-state index in [0.29, 0.717) is 37.0 Å². The second kappa shape index (κ2) is 5.21. The van der Waals surface area contributed by atoms with Gasteiger partial charge in [-0.3, -0.25) is 0 Å². The van der Waals surface area contributed by atoms with Gasteiger partial charge in [0.05, 0.1) is 0 Å². The minimum atomic E-state index is -0.500. The molecule has 19 heavy (non-hydrogen) atoms. The van der Waals surface area contributed by atoms with Crippen LogP contribution in [0.15, 0.2) is 18.2 Å². The first-order valence-corrected chi connectivity index (χ1v) is 7.21. The van der Waals surface area contributed by atoms with Crippen LogP contribution in [0.5, 0.6) is 0 Å². The summed E-state index contributed by atoms with van der Waals surface area (Å²) in [6, 6.07) is 4.36. The number of aromatic nitrogens is 2. The Kier molecular flexibility index (Phi) is 3.80. The van der Waals surface area contributed by atoms with Gasteiger partial charge >= 0.3 is 124 Å². The van der Waals surface area contributed by atoms with E-state index in [1.54, 1.807) is 8.56 Å². The van der Waals surface area contributed by atoms with E-state index in [0.717, 1.165) is 5.06 Å². The van der Waals surface area contributed by atoms with E-state index in [-0.39, 0.29) is 11.4 Å². The number of hydrogen-bond donors (Lipinski definition) is 0. The van der Waals surface area contributed by atoms with Crippen molar-refractivity contribution in [2.75, 3.05) is 14.2 Å². The van der Waals surface area contributed by atoms with Crippen molar-refractivity contribution in [2.45, 2.75) is 0 Å². The number of carbonyl (C=O) groups excluding carboxylic acids is 1. The molecule has 8 nitrogen and oxygen atoms in total. The number of benzene rings is 1. The Bertz CT molecular complexity index is 669. The molecular formula is C10H9N4O4Tl. The molecule has 0 radical (unpaired) electrons. The summed E-state index contributed by atoms with van der Waals surface area (Å²) < 4.78 is 1.66. The fraction of sp³-hybridized carbons (Fsp3) is 0.200. The number of hydroxylamine groups is 2. The monoisotopic (exact) mass is 454 g/mol. The van der Waals surface area contributed by atoms with Gasteiger partial charge in [-0.1, -0.05) is 0 Å². The SMILES string of the molecule is CON(C)C(=O)c1n[n]([Tl])c2ccc([N+](=O)[O-])cc12. The second-order valence-electron chi connectivity index (χ2n) is 3.74. The fourth-order valence-electron chi connectivity index (χ4n) is 1.63. The number of nitro groups is 1. The zero-order valence-corrected chi connectivity index (χ0v) is 14.7. The summed E-state index contributed by atoms with van der Waals surface area (Å²) in [7, 11) is 2.82. The van der Waals surface area contributed by atoms with Crippen molar-refractivity contribution in [1.29, 1.82) is 0 Å². The number of nitro benzene ring substituents is 1. The molecule has 0 bridgehead atoms. The molecule has 1 aromatic carbocycles. The van der Waals surface area contributed by atoms with E-state index in [4.69, 9.17) is 4.84 Å². The average Bonchev–Trinajstić information content (AvgIpc) is 2.73. The number of hydrogen-bond acceptors (Lipinski definition) is 5. The molecule has 0 fully saturated rings. The predicted octanol–water partition coefficient (Wildman–Crippen LogP) is 0.510. The molecule has 0 aliphatic rings. The van der Waals surface area contributed by atoms with Gasteiger partial charge in [0.2, 0.25) is 0 Å². The molecule has 0 atom stereocenters. The number of non-ortho nitro benzene ring substituents is 1. The average molecular weight is 454 g/mol. The van der Waals surface area contributed by atoms with E-state index in [1.807, 2.05) is 0 Å². The molecule has 0 spiro atoms. The number of carbonyl (C=O) groups is 1. The van der Waals surface area contributed by atoms with E-state index in [1.165, 1.54) is 26.3 Å². The molecule has 0 unspecified atom stereocenters. The summed E-state index contributed by atoms with van der Waals surface area (Å²) >= 11 is 0.350. The van der Waals surface area contributed by atoms with Crippen molar-refractivity contribution in [3.05, 3.63) is 34.0 Å². The van der Waals surface area contributed by atoms with Gasteiger partial charge in [-0.2, -0.15) is 0 Å². The summed E-state index contributed by atoms with van der Waals surface area (Å²) in [5, 5.41) is 16.4. The molecule has 0 N–H and O–H groups in total. The normalized spacial score (nSPS) is 10.6. The van der Waals surface area contributed by atoms with Crippen molar-refractivity contribution in [3.8, 4) is 0 Å². The van der Waals surface area contributed by atoms with Gasteiger partial charge in [-0.05, 0) is 0 Å². The molecular weight excluding hydrogens is 445 g/mol. The van der Waals surface area contributed by atoms with Gasteiger partial charge in [0.15, 0.2) is 0 Å². The maximum absolute atomic E-state index is 12.1. The Morgan fingerprint density at radius 3 is 2.84 bits per heavy atom. The van der Waals surface area contributed by atoms with Gasteiger partial charge in [0.1, 0.15) is 0 Å².